The molecule has 0 fully saturated rings. The second kappa shape index (κ2) is 7.68. The van der Waals surface area contributed by atoms with Gasteiger partial charge in [-0.05, 0) is 25.1 Å². The maximum absolute atomic E-state index is 10.7. The van der Waals surface area contributed by atoms with Crippen molar-refractivity contribution in [3.8, 4) is 11.5 Å². The SMILES string of the molecule is CCOCCCOc1cc(C=O)ccc1OC. The predicted molar refractivity (Wildman–Crippen MR) is 65.0 cm³/mol. The number of hydrogen-bond acceptors (Lipinski definition) is 4. The highest BCUT2D eigenvalue weighted by molar-refractivity contribution is 5.76. The van der Waals surface area contributed by atoms with Gasteiger partial charge >= 0.3 is 0 Å². The Kier molecular flexibility index (Phi) is 6.10. The summed E-state index contributed by atoms with van der Waals surface area (Å²) < 4.78 is 15.9. The van der Waals surface area contributed by atoms with Crippen LogP contribution in [0.1, 0.15) is 23.7 Å². The standard InChI is InChI=1S/C13H18O4/c1-3-16-7-4-8-17-13-9-11(10-14)5-6-12(13)15-2/h5-6,9-10H,3-4,7-8H2,1-2H3. The Morgan fingerprint density at radius 1 is 1.24 bits per heavy atom. The first-order valence-electron chi connectivity index (χ1n) is 5.65. The predicted octanol–water partition coefficient (Wildman–Crippen LogP) is 2.31. The summed E-state index contributed by atoms with van der Waals surface area (Å²) in [5, 5.41) is 0. The normalized spacial score (nSPS) is 10.0. The number of methoxy groups -OCH3 is 1. The Bertz CT molecular complexity index is 349. The van der Waals surface area contributed by atoms with Gasteiger partial charge in [-0.15, -0.1) is 0 Å². The second-order valence-electron chi connectivity index (χ2n) is 3.43. The third-order valence-electron chi connectivity index (χ3n) is 2.22. The lowest BCUT2D eigenvalue weighted by molar-refractivity contribution is 0.112. The van der Waals surface area contributed by atoms with E-state index in [1.807, 2.05) is 6.92 Å². The van der Waals surface area contributed by atoms with Crippen molar-refractivity contribution < 1.29 is 19.0 Å². The fraction of sp³-hybridized carbons (Fsp3) is 0.462. The van der Waals surface area contributed by atoms with Gasteiger partial charge in [0.25, 0.3) is 0 Å². The van der Waals surface area contributed by atoms with Crippen LogP contribution in [0.3, 0.4) is 0 Å². The van der Waals surface area contributed by atoms with Gasteiger partial charge in [-0.3, -0.25) is 4.79 Å². The molecule has 0 N–H and O–H groups in total. The first-order chi connectivity index (χ1) is 8.31. The maximum Gasteiger partial charge on any atom is 0.161 e. The van der Waals surface area contributed by atoms with Gasteiger partial charge in [0.1, 0.15) is 6.29 Å². The van der Waals surface area contributed by atoms with Crippen LogP contribution in [0.5, 0.6) is 11.5 Å². The average Bonchev–Trinajstić information content (AvgIpc) is 2.38. The second-order valence-corrected chi connectivity index (χ2v) is 3.43. The largest absolute Gasteiger partial charge is 0.493 e. The molecule has 1 rings (SSSR count). The number of hydrogen-bond donors (Lipinski definition) is 0. The lowest BCUT2D eigenvalue weighted by Gasteiger charge is -2.10. The molecule has 1 aromatic carbocycles. The molecule has 1 aromatic rings. The minimum absolute atomic E-state index is 0.540. The molecule has 0 spiro atoms. The summed E-state index contributed by atoms with van der Waals surface area (Å²) >= 11 is 0. The van der Waals surface area contributed by atoms with Crippen molar-refractivity contribution in [2.75, 3.05) is 26.9 Å². The summed E-state index contributed by atoms with van der Waals surface area (Å²) in [5.41, 5.74) is 0.575. The molecule has 94 valence electrons. The highest BCUT2D eigenvalue weighted by atomic mass is 16.5. The van der Waals surface area contributed by atoms with E-state index in [2.05, 4.69) is 0 Å². The number of rotatable bonds is 8. The summed E-state index contributed by atoms with van der Waals surface area (Å²) in [6.07, 6.45) is 1.59. The van der Waals surface area contributed by atoms with Gasteiger partial charge in [-0.25, -0.2) is 0 Å². The van der Waals surface area contributed by atoms with Gasteiger partial charge in [0.05, 0.1) is 13.7 Å². The van der Waals surface area contributed by atoms with Crippen LogP contribution < -0.4 is 9.47 Å². The first kappa shape index (κ1) is 13.5. The zero-order valence-electron chi connectivity index (χ0n) is 10.3. The molecule has 0 saturated heterocycles. The van der Waals surface area contributed by atoms with Crippen LogP contribution in [-0.2, 0) is 4.74 Å². The first-order valence-corrected chi connectivity index (χ1v) is 5.65. The number of ether oxygens (including phenoxy) is 3. The van der Waals surface area contributed by atoms with E-state index in [0.29, 0.717) is 36.9 Å². The lowest BCUT2D eigenvalue weighted by atomic mass is 10.2. The number of aldehydes is 1. The molecule has 0 aliphatic rings. The summed E-state index contributed by atoms with van der Waals surface area (Å²) in [6.45, 7) is 3.88. The van der Waals surface area contributed by atoms with E-state index in [1.54, 1.807) is 25.3 Å². The Morgan fingerprint density at radius 3 is 2.71 bits per heavy atom. The van der Waals surface area contributed by atoms with Crippen LogP contribution in [0, 0.1) is 0 Å². The summed E-state index contributed by atoms with van der Waals surface area (Å²) in [6, 6.07) is 5.09. The van der Waals surface area contributed by atoms with E-state index < -0.39 is 0 Å². The number of carbonyl (C=O) groups is 1. The molecular weight excluding hydrogens is 220 g/mol. The van der Waals surface area contributed by atoms with Crippen molar-refractivity contribution in [3.63, 3.8) is 0 Å². The van der Waals surface area contributed by atoms with Crippen molar-refractivity contribution >= 4 is 6.29 Å². The van der Waals surface area contributed by atoms with Gasteiger partial charge < -0.3 is 14.2 Å². The molecule has 0 saturated carbocycles. The molecule has 0 aliphatic heterocycles. The summed E-state index contributed by atoms with van der Waals surface area (Å²) in [7, 11) is 1.57. The molecule has 4 heteroatoms. The van der Waals surface area contributed by atoms with E-state index in [0.717, 1.165) is 12.7 Å². The maximum atomic E-state index is 10.7. The zero-order valence-corrected chi connectivity index (χ0v) is 10.3. The molecule has 4 nitrogen and oxygen atoms in total. The molecule has 0 unspecified atom stereocenters. The molecule has 0 radical (unpaired) electrons. The van der Waals surface area contributed by atoms with Gasteiger partial charge in [-0.1, -0.05) is 0 Å². The van der Waals surface area contributed by atoms with Crippen LogP contribution in [0.2, 0.25) is 0 Å². The van der Waals surface area contributed by atoms with Crippen molar-refractivity contribution in [2.45, 2.75) is 13.3 Å². The molecule has 0 aromatic heterocycles. The van der Waals surface area contributed by atoms with Gasteiger partial charge in [0, 0.05) is 25.2 Å². The fourth-order valence-electron chi connectivity index (χ4n) is 1.37. The van der Waals surface area contributed by atoms with Crippen molar-refractivity contribution in [1.29, 1.82) is 0 Å². The topological polar surface area (TPSA) is 44.8 Å². The Balaban J connectivity index is 2.52. The highest BCUT2D eigenvalue weighted by Crippen LogP contribution is 2.27. The lowest BCUT2D eigenvalue weighted by Crippen LogP contribution is -2.04. The molecule has 17 heavy (non-hydrogen) atoms. The Morgan fingerprint density at radius 2 is 2.06 bits per heavy atom. The Hall–Kier alpha value is -1.55. The van der Waals surface area contributed by atoms with Gasteiger partial charge in [-0.2, -0.15) is 0 Å². The summed E-state index contributed by atoms with van der Waals surface area (Å²) in [4.78, 5) is 10.7. The minimum atomic E-state index is 0.540. The van der Waals surface area contributed by atoms with E-state index in [-0.39, 0.29) is 0 Å². The van der Waals surface area contributed by atoms with Gasteiger partial charge in [0.15, 0.2) is 11.5 Å². The van der Waals surface area contributed by atoms with E-state index >= 15 is 0 Å². The van der Waals surface area contributed by atoms with Crippen LogP contribution >= 0.6 is 0 Å². The third kappa shape index (κ3) is 4.44. The minimum Gasteiger partial charge on any atom is -0.493 e. The monoisotopic (exact) mass is 238 g/mol. The van der Waals surface area contributed by atoms with Crippen molar-refractivity contribution in [3.05, 3.63) is 23.8 Å². The van der Waals surface area contributed by atoms with Crippen LogP contribution in [0.25, 0.3) is 0 Å². The molecule has 0 aliphatic carbocycles. The molecule has 0 amide bonds. The van der Waals surface area contributed by atoms with E-state index in [9.17, 15) is 4.79 Å². The molecule has 0 heterocycles. The third-order valence-corrected chi connectivity index (χ3v) is 2.22. The summed E-state index contributed by atoms with van der Waals surface area (Å²) in [5.74, 6) is 1.22. The van der Waals surface area contributed by atoms with Crippen molar-refractivity contribution in [1.82, 2.24) is 0 Å². The van der Waals surface area contributed by atoms with E-state index in [4.69, 9.17) is 14.2 Å². The quantitative estimate of drug-likeness (QED) is 0.515. The number of benzene rings is 1. The van der Waals surface area contributed by atoms with Crippen LogP contribution in [-0.4, -0.2) is 33.2 Å². The van der Waals surface area contributed by atoms with Crippen molar-refractivity contribution in [2.24, 2.45) is 0 Å². The zero-order chi connectivity index (χ0) is 12.5. The molecular formula is C13H18O4. The highest BCUT2D eigenvalue weighted by Gasteiger charge is 2.05. The van der Waals surface area contributed by atoms with Gasteiger partial charge in [0.2, 0.25) is 0 Å². The number of carbonyl (C=O) groups excluding carboxylic acids is 1. The van der Waals surface area contributed by atoms with E-state index in [1.165, 1.54) is 0 Å². The Labute approximate surface area is 101 Å². The van der Waals surface area contributed by atoms with Crippen LogP contribution in [0.15, 0.2) is 18.2 Å². The van der Waals surface area contributed by atoms with Crippen LogP contribution in [0.4, 0.5) is 0 Å². The fourth-order valence-corrected chi connectivity index (χ4v) is 1.37. The smallest absolute Gasteiger partial charge is 0.161 e. The average molecular weight is 238 g/mol. The molecule has 0 atom stereocenters. The molecule has 0 bridgehead atoms.